The highest BCUT2D eigenvalue weighted by atomic mass is 16.5. The number of hydrogen-bond donors (Lipinski definition) is 2. The van der Waals surface area contributed by atoms with Gasteiger partial charge in [0.15, 0.2) is 0 Å². The zero-order valence-corrected chi connectivity index (χ0v) is 14.7. The average molecular weight is 335 g/mol. The van der Waals surface area contributed by atoms with E-state index in [2.05, 4.69) is 12.2 Å². The number of carbonyl (C=O) groups excluding carboxylic acids is 2. The van der Waals surface area contributed by atoms with E-state index in [1.807, 2.05) is 0 Å². The van der Waals surface area contributed by atoms with Crippen molar-refractivity contribution < 1.29 is 19.4 Å². The molecule has 0 bridgehead atoms. The molecule has 134 valence electrons. The van der Waals surface area contributed by atoms with Gasteiger partial charge in [0.25, 0.3) is 0 Å². The summed E-state index contributed by atoms with van der Waals surface area (Å²) in [6, 6.07) is 5.87. The number of phenols is 1. The first-order chi connectivity index (χ1) is 11.5. The highest BCUT2D eigenvalue weighted by Crippen LogP contribution is 2.12. The molecule has 5 nitrogen and oxygen atoms in total. The first-order valence-electron chi connectivity index (χ1n) is 8.74. The van der Waals surface area contributed by atoms with Crippen LogP contribution < -0.4 is 5.32 Å². The van der Waals surface area contributed by atoms with E-state index in [0.29, 0.717) is 13.0 Å². The van der Waals surface area contributed by atoms with Crippen LogP contribution in [0.2, 0.25) is 0 Å². The van der Waals surface area contributed by atoms with Crippen LogP contribution in [-0.2, 0) is 20.7 Å². The minimum Gasteiger partial charge on any atom is -0.508 e. The minimum absolute atomic E-state index is 0.167. The molecule has 0 radical (unpaired) electrons. The molecule has 1 rings (SSSR count). The topological polar surface area (TPSA) is 75.6 Å². The van der Waals surface area contributed by atoms with Gasteiger partial charge in [-0.05, 0) is 24.1 Å². The van der Waals surface area contributed by atoms with E-state index in [4.69, 9.17) is 4.74 Å². The van der Waals surface area contributed by atoms with Gasteiger partial charge in [0.2, 0.25) is 5.91 Å². The lowest BCUT2D eigenvalue weighted by atomic mass is 10.1. The van der Waals surface area contributed by atoms with Crippen LogP contribution in [0.5, 0.6) is 5.75 Å². The number of amides is 1. The Hall–Kier alpha value is -2.04. The third-order valence-corrected chi connectivity index (χ3v) is 3.78. The predicted molar refractivity (Wildman–Crippen MR) is 93.8 cm³/mol. The Kier molecular flexibility index (Phi) is 9.58. The lowest BCUT2D eigenvalue weighted by molar-refractivity contribution is -0.147. The first kappa shape index (κ1) is 20.0. The van der Waals surface area contributed by atoms with Crippen molar-refractivity contribution in [2.45, 2.75) is 64.8 Å². The molecule has 0 saturated heterocycles. The third kappa shape index (κ3) is 8.56. The molecule has 1 unspecified atom stereocenters. The van der Waals surface area contributed by atoms with Crippen molar-refractivity contribution in [3.63, 3.8) is 0 Å². The van der Waals surface area contributed by atoms with Gasteiger partial charge >= 0.3 is 5.97 Å². The van der Waals surface area contributed by atoms with Crippen LogP contribution in [0.3, 0.4) is 0 Å². The summed E-state index contributed by atoms with van der Waals surface area (Å²) >= 11 is 0. The summed E-state index contributed by atoms with van der Waals surface area (Å²) in [5, 5.41) is 11.9. The van der Waals surface area contributed by atoms with Gasteiger partial charge in [-0.3, -0.25) is 4.79 Å². The number of carbonyl (C=O) groups is 2. The van der Waals surface area contributed by atoms with E-state index >= 15 is 0 Å². The number of ether oxygens (including phenoxy) is 1. The Balaban J connectivity index is 2.41. The maximum absolute atomic E-state index is 12.2. The molecule has 0 saturated carbocycles. The Morgan fingerprint density at radius 3 is 2.33 bits per heavy atom. The van der Waals surface area contributed by atoms with E-state index in [-0.39, 0.29) is 11.7 Å². The largest absolute Gasteiger partial charge is 0.508 e. The Morgan fingerprint density at radius 1 is 1.08 bits per heavy atom. The molecule has 0 aliphatic carbocycles. The lowest BCUT2D eigenvalue weighted by Gasteiger charge is -2.17. The fraction of sp³-hybridized carbons (Fsp3) is 0.579. The van der Waals surface area contributed by atoms with Crippen molar-refractivity contribution in [2.24, 2.45) is 0 Å². The molecule has 0 aliphatic rings. The smallest absolute Gasteiger partial charge is 0.328 e. The predicted octanol–water partition coefficient (Wildman–Crippen LogP) is 3.34. The second-order valence-electron chi connectivity index (χ2n) is 6.06. The van der Waals surface area contributed by atoms with Gasteiger partial charge in [-0.1, -0.05) is 51.2 Å². The number of esters is 1. The van der Waals surface area contributed by atoms with Crippen LogP contribution in [0.4, 0.5) is 0 Å². The van der Waals surface area contributed by atoms with E-state index in [1.165, 1.54) is 26.2 Å². The van der Waals surface area contributed by atoms with Gasteiger partial charge in [-0.15, -0.1) is 0 Å². The zero-order valence-electron chi connectivity index (χ0n) is 14.7. The molecule has 1 amide bonds. The number of unbranched alkanes of at least 4 members (excludes halogenated alkanes) is 5. The number of rotatable bonds is 11. The second-order valence-corrected chi connectivity index (χ2v) is 6.06. The van der Waals surface area contributed by atoms with Crippen molar-refractivity contribution in [2.75, 3.05) is 6.61 Å². The number of nitrogens with one attached hydrogen (secondary N) is 1. The molecule has 2 N–H and O–H groups in total. The molecule has 5 heteroatoms. The number of aromatic hydroxyl groups is 1. The zero-order chi connectivity index (χ0) is 17.8. The summed E-state index contributed by atoms with van der Waals surface area (Å²) in [7, 11) is 0. The fourth-order valence-corrected chi connectivity index (χ4v) is 2.46. The number of benzene rings is 1. The van der Waals surface area contributed by atoms with Gasteiger partial charge in [0, 0.05) is 13.3 Å². The van der Waals surface area contributed by atoms with Crippen molar-refractivity contribution in [3.8, 4) is 5.75 Å². The maximum Gasteiger partial charge on any atom is 0.328 e. The molecular formula is C19H29NO4. The van der Waals surface area contributed by atoms with Gasteiger partial charge in [-0.2, -0.15) is 0 Å². The van der Waals surface area contributed by atoms with Gasteiger partial charge in [-0.25, -0.2) is 4.79 Å². The van der Waals surface area contributed by atoms with Gasteiger partial charge in [0.05, 0.1) is 6.61 Å². The van der Waals surface area contributed by atoms with E-state index in [0.717, 1.165) is 24.8 Å². The summed E-state index contributed by atoms with van der Waals surface area (Å²) in [4.78, 5) is 23.5. The van der Waals surface area contributed by atoms with Crippen molar-refractivity contribution in [3.05, 3.63) is 29.8 Å². The monoisotopic (exact) mass is 335 g/mol. The average Bonchev–Trinajstić information content (AvgIpc) is 2.55. The maximum atomic E-state index is 12.2. The van der Waals surface area contributed by atoms with Crippen LogP contribution in [0.25, 0.3) is 0 Å². The first-order valence-corrected chi connectivity index (χ1v) is 8.74. The normalized spacial score (nSPS) is 11.8. The summed E-state index contributed by atoms with van der Waals surface area (Å²) in [5.41, 5.74) is 0.850. The second kappa shape index (κ2) is 11.5. The minimum atomic E-state index is -0.702. The molecule has 0 aromatic heterocycles. The number of phenolic OH excluding ortho intramolecular Hbond substituents is 1. The Morgan fingerprint density at radius 2 is 1.71 bits per heavy atom. The molecule has 1 aromatic rings. The lowest BCUT2D eigenvalue weighted by Crippen LogP contribution is -2.42. The highest BCUT2D eigenvalue weighted by molar-refractivity contribution is 5.83. The van der Waals surface area contributed by atoms with Crippen molar-refractivity contribution in [1.82, 2.24) is 5.32 Å². The quantitative estimate of drug-likeness (QED) is 0.480. The summed E-state index contributed by atoms with van der Waals surface area (Å²) < 4.78 is 5.30. The van der Waals surface area contributed by atoms with Crippen LogP contribution in [0.1, 0.15) is 57.9 Å². The molecule has 0 heterocycles. The van der Waals surface area contributed by atoms with Gasteiger partial charge in [0.1, 0.15) is 11.8 Å². The Bertz CT molecular complexity index is 499. The fourth-order valence-electron chi connectivity index (χ4n) is 2.46. The number of hydrogen-bond acceptors (Lipinski definition) is 4. The molecule has 1 atom stereocenters. The van der Waals surface area contributed by atoms with Crippen LogP contribution in [-0.4, -0.2) is 29.6 Å². The molecule has 1 aromatic carbocycles. The molecule has 24 heavy (non-hydrogen) atoms. The van der Waals surface area contributed by atoms with Crippen molar-refractivity contribution in [1.29, 1.82) is 0 Å². The van der Waals surface area contributed by atoms with E-state index in [9.17, 15) is 14.7 Å². The van der Waals surface area contributed by atoms with Crippen molar-refractivity contribution >= 4 is 11.9 Å². The summed E-state index contributed by atoms with van der Waals surface area (Å²) in [6.45, 7) is 3.94. The third-order valence-electron chi connectivity index (χ3n) is 3.78. The van der Waals surface area contributed by atoms with E-state index < -0.39 is 12.0 Å². The summed E-state index contributed by atoms with van der Waals surface area (Å²) in [6.07, 6.45) is 7.09. The van der Waals surface area contributed by atoms with Gasteiger partial charge < -0.3 is 15.2 Å². The molecular weight excluding hydrogens is 306 g/mol. The standard InChI is InChI=1S/C19H29NO4/c1-3-4-5-6-7-8-13-24-19(23)18(20-15(2)21)14-16-9-11-17(22)12-10-16/h9-12,18,22H,3-8,13-14H2,1-2H3,(H,20,21). The highest BCUT2D eigenvalue weighted by Gasteiger charge is 2.21. The molecule has 0 fully saturated rings. The van der Waals surface area contributed by atoms with E-state index in [1.54, 1.807) is 24.3 Å². The Labute approximate surface area is 144 Å². The van der Waals surface area contributed by atoms with Crippen LogP contribution in [0.15, 0.2) is 24.3 Å². The van der Waals surface area contributed by atoms with Crippen LogP contribution in [0, 0.1) is 0 Å². The van der Waals surface area contributed by atoms with Crippen LogP contribution >= 0.6 is 0 Å². The molecule has 0 spiro atoms. The molecule has 0 aliphatic heterocycles. The summed E-state index contributed by atoms with van der Waals surface area (Å²) in [5.74, 6) is -0.511. The SMILES string of the molecule is CCCCCCCCOC(=O)C(Cc1ccc(O)cc1)NC(C)=O.